The number of nitrogens with zero attached hydrogens (tertiary/aromatic N) is 3. The first-order valence-corrected chi connectivity index (χ1v) is 19.1. The number of carbonyl (C=O) groups is 1. The largest absolute Gasteiger partial charge is 0.481 e. The Hall–Kier alpha value is -1.29. The molecule has 6 rings (SSSR count). The van der Waals surface area contributed by atoms with Gasteiger partial charge in [-0.25, -0.2) is 9.67 Å². The minimum atomic E-state index is -0.617. The predicted molar refractivity (Wildman–Crippen MR) is 188 cm³/mol. The van der Waals surface area contributed by atoms with Gasteiger partial charge in [-0.1, -0.05) is 74.0 Å². The van der Waals surface area contributed by atoms with Crippen LogP contribution in [0.5, 0.6) is 0 Å². The number of carboxylic acids is 1. The molecular formula is C38H61BrN4O4. The highest BCUT2D eigenvalue weighted by Gasteiger charge is 2.72. The second-order valence-electron chi connectivity index (χ2n) is 18.5. The van der Waals surface area contributed by atoms with Crippen molar-refractivity contribution in [3.8, 4) is 0 Å². The molecule has 1 aromatic rings. The Bertz CT molecular complexity index is 1410. The Balaban J connectivity index is 1.44. The number of nitrogens with two attached hydrogens (primary N) is 1. The maximum Gasteiger partial charge on any atom is 0.307 e. The molecule has 2 bridgehead atoms. The monoisotopic (exact) mass is 716 g/mol. The van der Waals surface area contributed by atoms with Gasteiger partial charge in [-0.15, -0.1) is 5.10 Å². The van der Waals surface area contributed by atoms with E-state index < -0.39 is 17.4 Å². The molecule has 9 heteroatoms. The van der Waals surface area contributed by atoms with Crippen LogP contribution in [-0.4, -0.2) is 57.3 Å². The summed E-state index contributed by atoms with van der Waals surface area (Å²) in [6.45, 7) is 24.4. The van der Waals surface area contributed by atoms with Gasteiger partial charge in [0.25, 0.3) is 0 Å². The predicted octanol–water partition coefficient (Wildman–Crippen LogP) is 7.93. The lowest BCUT2D eigenvalue weighted by Gasteiger charge is -2.71. The summed E-state index contributed by atoms with van der Waals surface area (Å²) < 4.78 is 16.3. The van der Waals surface area contributed by atoms with E-state index in [1.807, 2.05) is 11.0 Å². The van der Waals surface area contributed by atoms with Crippen LogP contribution in [0.2, 0.25) is 0 Å². The topological polar surface area (TPSA) is 112 Å². The van der Waals surface area contributed by atoms with Crippen molar-refractivity contribution in [1.29, 1.82) is 0 Å². The zero-order chi connectivity index (χ0) is 34.5. The number of rotatable bonds is 8. The molecule has 264 valence electrons. The zero-order valence-corrected chi connectivity index (χ0v) is 32.2. The van der Waals surface area contributed by atoms with Crippen molar-refractivity contribution < 1.29 is 19.4 Å². The van der Waals surface area contributed by atoms with Crippen molar-refractivity contribution in [2.45, 2.75) is 125 Å². The van der Waals surface area contributed by atoms with Gasteiger partial charge < -0.3 is 20.3 Å². The van der Waals surface area contributed by atoms with Gasteiger partial charge in [0.1, 0.15) is 6.33 Å². The standard InChI is InChI=1S/C38H61BrN4O4/c1-22(2)24(5)33(6)15-16-35(8)25-11-12-28-34(7)18-46-20-38(28,26(25)13-14-36(35,9)29(33)31(44)45)17-27(43-21-41-32(39)42-43)30(34)47-19-37(10,40)23(3)4/h13,21-25,27-30H,11-12,14-20,40H2,1-10H3,(H,44,45)/t24-,25+,27-,28+,29-,30+,33-,34+,35-,36+,37-,38?/m1/s1. The van der Waals surface area contributed by atoms with Crippen molar-refractivity contribution in [2.75, 3.05) is 19.8 Å². The first-order valence-electron chi connectivity index (χ1n) is 18.3. The van der Waals surface area contributed by atoms with E-state index in [1.165, 1.54) is 5.57 Å². The molecule has 1 aromatic heterocycles. The van der Waals surface area contributed by atoms with Gasteiger partial charge in [-0.2, -0.15) is 0 Å². The molecule has 0 aromatic carbocycles. The molecule has 0 spiro atoms. The van der Waals surface area contributed by atoms with Gasteiger partial charge in [0.15, 0.2) is 0 Å². The van der Waals surface area contributed by atoms with E-state index in [-0.39, 0.29) is 45.1 Å². The molecule has 0 amide bonds. The van der Waals surface area contributed by atoms with Crippen LogP contribution in [0.3, 0.4) is 0 Å². The van der Waals surface area contributed by atoms with Gasteiger partial charge in [0.2, 0.25) is 4.73 Å². The molecule has 4 aliphatic carbocycles. The van der Waals surface area contributed by atoms with Crippen molar-refractivity contribution in [3.05, 3.63) is 22.7 Å². The maximum atomic E-state index is 13.4. The SMILES string of the molecule is CC(C)[C@@H](C)[C@@]1(C)CC[C@]2(C)[C@H]3CC[C@@H]4C5(COC[C@]4(C)[C@@H](OC[C@@](C)(N)C(C)C)[C@H](n4cnc(Br)n4)C5)C3=CC[C@@]2(C)[C@@H]1C(=O)O. The molecule has 1 unspecified atom stereocenters. The highest BCUT2D eigenvalue weighted by molar-refractivity contribution is 9.10. The highest BCUT2D eigenvalue weighted by Crippen LogP contribution is 2.75. The summed E-state index contributed by atoms with van der Waals surface area (Å²) in [5.74, 6) is 0.712. The molecule has 2 heterocycles. The smallest absolute Gasteiger partial charge is 0.307 e. The van der Waals surface area contributed by atoms with Crippen LogP contribution in [0.15, 0.2) is 22.7 Å². The van der Waals surface area contributed by atoms with E-state index in [0.717, 1.165) is 38.5 Å². The normalized spacial score (nSPS) is 45.0. The quantitative estimate of drug-likeness (QED) is 0.263. The van der Waals surface area contributed by atoms with Crippen molar-refractivity contribution >= 4 is 21.9 Å². The lowest BCUT2D eigenvalue weighted by atomic mass is 9.34. The molecule has 1 aliphatic heterocycles. The second kappa shape index (κ2) is 11.6. The van der Waals surface area contributed by atoms with Crippen molar-refractivity contribution in [1.82, 2.24) is 14.8 Å². The van der Waals surface area contributed by atoms with Gasteiger partial charge in [-0.3, -0.25) is 4.79 Å². The molecule has 3 N–H and O–H groups in total. The molecule has 3 saturated carbocycles. The first kappa shape index (κ1) is 35.5. The molecule has 0 radical (unpaired) electrons. The molecule has 4 fully saturated rings. The van der Waals surface area contributed by atoms with Crippen LogP contribution in [-0.2, 0) is 14.3 Å². The number of hydrogen-bond donors (Lipinski definition) is 2. The Kier molecular flexibility index (Phi) is 8.79. The molecular weight excluding hydrogens is 656 g/mol. The lowest BCUT2D eigenvalue weighted by molar-refractivity contribution is -0.252. The number of aromatic nitrogens is 3. The van der Waals surface area contributed by atoms with E-state index in [4.69, 9.17) is 20.3 Å². The fourth-order valence-corrected chi connectivity index (χ4v) is 12.3. The average molecular weight is 718 g/mol. The van der Waals surface area contributed by atoms with Crippen LogP contribution in [0.4, 0.5) is 0 Å². The maximum absolute atomic E-state index is 13.4. The Morgan fingerprint density at radius 3 is 2.45 bits per heavy atom. The summed E-state index contributed by atoms with van der Waals surface area (Å²) in [5, 5.41) is 15.8. The van der Waals surface area contributed by atoms with Crippen molar-refractivity contribution in [3.63, 3.8) is 0 Å². The first-order chi connectivity index (χ1) is 21.8. The van der Waals surface area contributed by atoms with Gasteiger partial charge in [0.05, 0.1) is 37.9 Å². The lowest BCUT2D eigenvalue weighted by Crippen LogP contribution is -2.69. The number of hydrogen-bond acceptors (Lipinski definition) is 6. The third-order valence-electron chi connectivity index (χ3n) is 15.8. The van der Waals surface area contributed by atoms with E-state index in [0.29, 0.717) is 48.2 Å². The van der Waals surface area contributed by atoms with Crippen LogP contribution >= 0.6 is 15.9 Å². The summed E-state index contributed by atoms with van der Waals surface area (Å²) >= 11 is 3.51. The Labute approximate surface area is 291 Å². The van der Waals surface area contributed by atoms with Gasteiger partial charge >= 0.3 is 5.97 Å². The third-order valence-corrected chi connectivity index (χ3v) is 16.2. The van der Waals surface area contributed by atoms with Crippen molar-refractivity contribution in [2.24, 2.45) is 68.3 Å². The van der Waals surface area contributed by atoms with Gasteiger partial charge in [0, 0.05) is 16.4 Å². The fraction of sp³-hybridized carbons (Fsp3) is 0.868. The third kappa shape index (κ3) is 5.00. The van der Waals surface area contributed by atoms with Gasteiger partial charge in [-0.05, 0) is 107 Å². The molecule has 47 heavy (non-hydrogen) atoms. The van der Waals surface area contributed by atoms with E-state index >= 15 is 0 Å². The van der Waals surface area contributed by atoms with Crippen LogP contribution < -0.4 is 5.73 Å². The number of allylic oxidation sites excluding steroid dienone is 1. The summed E-state index contributed by atoms with van der Waals surface area (Å²) in [7, 11) is 0. The summed E-state index contributed by atoms with van der Waals surface area (Å²) in [6.07, 6.45) is 10.0. The Morgan fingerprint density at radius 2 is 1.85 bits per heavy atom. The minimum Gasteiger partial charge on any atom is -0.481 e. The molecule has 5 aliphatic rings. The number of halogens is 1. The number of fused-ring (bicyclic) bond motifs is 3. The Morgan fingerprint density at radius 1 is 1.15 bits per heavy atom. The fourth-order valence-electron chi connectivity index (χ4n) is 12.0. The summed E-state index contributed by atoms with van der Waals surface area (Å²) in [5.41, 5.74) is 6.71. The average Bonchev–Trinajstić information content (AvgIpc) is 3.42. The zero-order valence-electron chi connectivity index (χ0n) is 30.6. The van der Waals surface area contributed by atoms with E-state index in [2.05, 4.69) is 96.2 Å². The van der Waals surface area contributed by atoms with E-state index in [1.54, 1.807) is 0 Å². The summed E-state index contributed by atoms with van der Waals surface area (Å²) in [6, 6.07) is -0.0315. The van der Waals surface area contributed by atoms with E-state index in [9.17, 15) is 9.90 Å². The van der Waals surface area contributed by atoms with Crippen LogP contribution in [0, 0.1) is 62.6 Å². The highest BCUT2D eigenvalue weighted by atomic mass is 79.9. The number of aliphatic carboxylic acids is 1. The molecule has 1 saturated heterocycles. The summed E-state index contributed by atoms with van der Waals surface area (Å²) in [4.78, 5) is 17.9. The minimum absolute atomic E-state index is 0.0315. The second-order valence-corrected chi connectivity index (χ2v) is 19.2. The molecule has 12 atom stereocenters. The number of ether oxygens (including phenoxy) is 2. The van der Waals surface area contributed by atoms with Crippen LogP contribution in [0.1, 0.15) is 114 Å². The van der Waals surface area contributed by atoms with Crippen LogP contribution in [0.25, 0.3) is 0 Å². The number of carboxylic acid groups (broad SMARTS) is 1. The molecule has 8 nitrogen and oxygen atoms in total.